The maximum atomic E-state index is 12.2. The van der Waals surface area contributed by atoms with Gasteiger partial charge in [-0.05, 0) is 30.7 Å². The Hall–Kier alpha value is -2.70. The molecule has 1 unspecified atom stereocenters. The standard InChI is InChI=1S/C25H30ClN3O7S/c1-5-13-37(30,31)35-12-11-21-25-28-27-22(15-32-2)29(25)19-10-9-16(26)14-18(19)23(36-21)17-7-6-8-20(33-3)24(17)34-4/h6-10,14,21,23H,5,11-13,15H2,1-4H3/t21?,23-/m0/s1. The number of benzene rings is 2. The van der Waals surface area contributed by atoms with E-state index < -0.39 is 22.3 Å². The SMILES string of the molecule is CCCS(=O)(=O)OCCC1O[C@@H](c2cccc(OC)c2OC)c2cc(Cl)ccc2-n2c(COC)nnc21. The zero-order valence-electron chi connectivity index (χ0n) is 21.1. The summed E-state index contributed by atoms with van der Waals surface area (Å²) < 4.78 is 54.7. The van der Waals surface area contributed by atoms with E-state index in [2.05, 4.69) is 10.2 Å². The van der Waals surface area contributed by atoms with Crippen LogP contribution in [0.15, 0.2) is 36.4 Å². The molecule has 12 heteroatoms. The second-order valence-corrected chi connectivity index (χ2v) is 10.6. The van der Waals surface area contributed by atoms with E-state index in [1.165, 1.54) is 0 Å². The quantitative estimate of drug-likeness (QED) is 0.320. The molecule has 0 radical (unpaired) electrons. The van der Waals surface area contributed by atoms with Crippen LogP contribution in [0.3, 0.4) is 0 Å². The lowest BCUT2D eigenvalue weighted by molar-refractivity contribution is -0.00777. The molecule has 0 saturated heterocycles. The minimum Gasteiger partial charge on any atom is -0.493 e. The highest BCUT2D eigenvalue weighted by molar-refractivity contribution is 7.86. The summed E-state index contributed by atoms with van der Waals surface area (Å²) in [5, 5.41) is 9.24. The summed E-state index contributed by atoms with van der Waals surface area (Å²) in [5.41, 5.74) is 2.22. The first-order chi connectivity index (χ1) is 17.8. The van der Waals surface area contributed by atoms with Crippen LogP contribution < -0.4 is 9.47 Å². The molecule has 0 fully saturated rings. The topological polar surface area (TPSA) is 111 Å². The third-order valence-corrected chi connectivity index (χ3v) is 7.61. The van der Waals surface area contributed by atoms with Gasteiger partial charge in [0.25, 0.3) is 10.1 Å². The number of fused-ring (bicyclic) bond motifs is 3. The van der Waals surface area contributed by atoms with Gasteiger partial charge in [0.15, 0.2) is 23.1 Å². The van der Waals surface area contributed by atoms with E-state index in [-0.39, 0.29) is 25.4 Å². The first kappa shape index (κ1) is 27.3. The van der Waals surface area contributed by atoms with Gasteiger partial charge in [0.1, 0.15) is 18.8 Å². The lowest BCUT2D eigenvalue weighted by Crippen LogP contribution is -2.17. The molecule has 0 saturated carbocycles. The predicted molar refractivity (Wildman–Crippen MR) is 137 cm³/mol. The summed E-state index contributed by atoms with van der Waals surface area (Å²) in [7, 11) is 1.06. The Morgan fingerprint density at radius 2 is 1.89 bits per heavy atom. The Kier molecular flexibility index (Phi) is 8.71. The van der Waals surface area contributed by atoms with Crippen LogP contribution >= 0.6 is 11.6 Å². The highest BCUT2D eigenvalue weighted by Crippen LogP contribution is 2.46. The summed E-state index contributed by atoms with van der Waals surface area (Å²) in [4.78, 5) is 0. The lowest BCUT2D eigenvalue weighted by atomic mass is 9.98. The van der Waals surface area contributed by atoms with Crippen molar-refractivity contribution in [2.75, 3.05) is 33.7 Å². The highest BCUT2D eigenvalue weighted by Gasteiger charge is 2.35. The van der Waals surface area contributed by atoms with Gasteiger partial charge in [-0.2, -0.15) is 8.42 Å². The summed E-state index contributed by atoms with van der Waals surface area (Å²) in [6, 6.07) is 11.0. The fraction of sp³-hybridized carbons (Fsp3) is 0.440. The van der Waals surface area contributed by atoms with E-state index in [4.69, 9.17) is 34.7 Å². The lowest BCUT2D eigenvalue weighted by Gasteiger charge is -2.25. The molecule has 0 spiro atoms. The van der Waals surface area contributed by atoms with E-state index in [0.29, 0.717) is 40.2 Å². The van der Waals surface area contributed by atoms with Crippen LogP contribution in [-0.4, -0.2) is 56.9 Å². The van der Waals surface area contributed by atoms with Crippen molar-refractivity contribution in [2.45, 2.75) is 38.6 Å². The zero-order chi connectivity index (χ0) is 26.6. The maximum Gasteiger partial charge on any atom is 0.267 e. The summed E-state index contributed by atoms with van der Waals surface area (Å²) in [6.45, 7) is 1.90. The Morgan fingerprint density at radius 1 is 1.08 bits per heavy atom. The number of methoxy groups -OCH3 is 3. The van der Waals surface area contributed by atoms with Crippen molar-refractivity contribution in [3.05, 3.63) is 64.2 Å². The molecule has 10 nitrogen and oxygen atoms in total. The van der Waals surface area contributed by atoms with Crippen LogP contribution in [0.1, 0.15) is 54.7 Å². The van der Waals surface area contributed by atoms with E-state index in [1.807, 2.05) is 28.8 Å². The monoisotopic (exact) mass is 551 g/mol. The van der Waals surface area contributed by atoms with Crippen molar-refractivity contribution >= 4 is 21.7 Å². The first-order valence-electron chi connectivity index (χ1n) is 11.8. The van der Waals surface area contributed by atoms with Gasteiger partial charge in [0, 0.05) is 29.7 Å². The number of hydrogen-bond donors (Lipinski definition) is 0. The van der Waals surface area contributed by atoms with E-state index in [1.54, 1.807) is 40.4 Å². The van der Waals surface area contributed by atoms with Gasteiger partial charge < -0.3 is 18.9 Å². The van der Waals surface area contributed by atoms with Crippen LogP contribution in [-0.2, 0) is 30.4 Å². The second kappa shape index (κ2) is 11.8. The third kappa shape index (κ3) is 5.75. The van der Waals surface area contributed by atoms with Crippen LogP contribution in [0.5, 0.6) is 11.5 Å². The number of ether oxygens (including phenoxy) is 4. The van der Waals surface area contributed by atoms with Crippen LogP contribution in [0.2, 0.25) is 5.02 Å². The number of rotatable bonds is 11. The van der Waals surface area contributed by atoms with Crippen molar-refractivity contribution in [2.24, 2.45) is 0 Å². The van der Waals surface area contributed by atoms with Crippen molar-refractivity contribution < 1.29 is 31.5 Å². The van der Waals surface area contributed by atoms with E-state index in [9.17, 15) is 8.42 Å². The van der Waals surface area contributed by atoms with Crippen molar-refractivity contribution in [1.29, 1.82) is 0 Å². The van der Waals surface area contributed by atoms with E-state index >= 15 is 0 Å². The van der Waals surface area contributed by atoms with Gasteiger partial charge in [-0.1, -0.05) is 30.7 Å². The first-order valence-corrected chi connectivity index (χ1v) is 13.7. The largest absolute Gasteiger partial charge is 0.493 e. The zero-order valence-corrected chi connectivity index (χ0v) is 22.7. The van der Waals surface area contributed by atoms with Crippen molar-refractivity contribution in [3.63, 3.8) is 0 Å². The van der Waals surface area contributed by atoms with Gasteiger partial charge in [-0.15, -0.1) is 10.2 Å². The fourth-order valence-corrected chi connectivity index (χ4v) is 5.56. The van der Waals surface area contributed by atoms with Crippen molar-refractivity contribution in [3.8, 4) is 17.2 Å². The van der Waals surface area contributed by atoms with Crippen LogP contribution in [0.25, 0.3) is 5.69 Å². The van der Waals surface area contributed by atoms with Gasteiger partial charge in [0.2, 0.25) is 0 Å². The summed E-state index contributed by atoms with van der Waals surface area (Å²) in [5.74, 6) is 2.06. The average molecular weight is 552 g/mol. The number of hydrogen-bond acceptors (Lipinski definition) is 9. The average Bonchev–Trinajstić information content (AvgIpc) is 3.23. The Balaban J connectivity index is 1.85. The van der Waals surface area contributed by atoms with Gasteiger partial charge in [0.05, 0.1) is 32.3 Å². The normalized spacial score (nSPS) is 17.1. The highest BCUT2D eigenvalue weighted by atomic mass is 35.5. The molecule has 200 valence electrons. The van der Waals surface area contributed by atoms with Gasteiger partial charge >= 0.3 is 0 Å². The fourth-order valence-electron chi connectivity index (χ4n) is 4.41. The minimum absolute atomic E-state index is 0.0553. The molecule has 0 amide bonds. The molecule has 4 rings (SSSR count). The number of aromatic nitrogens is 3. The molecular weight excluding hydrogens is 522 g/mol. The Morgan fingerprint density at radius 3 is 2.59 bits per heavy atom. The molecule has 1 aliphatic heterocycles. The molecule has 0 bridgehead atoms. The number of nitrogens with zero attached hydrogens (tertiary/aromatic N) is 3. The molecule has 1 aromatic heterocycles. The molecule has 3 aromatic rings. The smallest absolute Gasteiger partial charge is 0.267 e. The molecule has 37 heavy (non-hydrogen) atoms. The molecule has 0 N–H and O–H groups in total. The summed E-state index contributed by atoms with van der Waals surface area (Å²) in [6.07, 6.45) is -0.668. The summed E-state index contributed by atoms with van der Waals surface area (Å²) >= 11 is 6.45. The number of para-hydroxylation sites is 1. The van der Waals surface area contributed by atoms with Gasteiger partial charge in [-0.3, -0.25) is 8.75 Å². The molecule has 2 atom stereocenters. The molecule has 1 aliphatic rings. The molecule has 0 aliphatic carbocycles. The molecule has 2 aromatic carbocycles. The van der Waals surface area contributed by atoms with Gasteiger partial charge in [-0.25, -0.2) is 0 Å². The molecule has 2 heterocycles. The number of halogens is 1. The van der Waals surface area contributed by atoms with Crippen molar-refractivity contribution in [1.82, 2.24) is 14.8 Å². The maximum absolute atomic E-state index is 12.2. The Labute approximate surface area is 221 Å². The van der Waals surface area contributed by atoms with Crippen LogP contribution in [0.4, 0.5) is 0 Å². The predicted octanol–water partition coefficient (Wildman–Crippen LogP) is 4.39. The van der Waals surface area contributed by atoms with E-state index in [0.717, 1.165) is 11.3 Å². The Bertz CT molecular complexity index is 1350. The van der Waals surface area contributed by atoms with Crippen LogP contribution in [0, 0.1) is 0 Å². The third-order valence-electron chi connectivity index (χ3n) is 5.94. The minimum atomic E-state index is -3.64. The second-order valence-electron chi connectivity index (χ2n) is 8.41. The molecular formula is C25H30ClN3O7S.